The second-order valence-corrected chi connectivity index (χ2v) is 7.46. The van der Waals surface area contributed by atoms with Crippen molar-refractivity contribution in [3.05, 3.63) is 71.4 Å². The molecule has 2 heterocycles. The number of para-hydroxylation sites is 1. The molecule has 3 aromatic rings. The van der Waals surface area contributed by atoms with Gasteiger partial charge in [0.2, 0.25) is 0 Å². The standard InChI is InChI=1S/C23H26N3O/c1-17-18(2)26(22-11-7-6-10-21(17)22)23(27)24-20-12-14-25(15-13-20)16-19-8-4-3-5-9-19/h3-10,20H,12-16H2,1-2H3,(H,24,27). The molecule has 0 spiro atoms. The van der Waals surface area contributed by atoms with E-state index in [9.17, 15) is 4.79 Å². The van der Waals surface area contributed by atoms with Crippen molar-refractivity contribution in [1.82, 2.24) is 14.8 Å². The number of aryl methyl sites for hydroxylation is 1. The maximum atomic E-state index is 13.0. The Morgan fingerprint density at radius 2 is 1.85 bits per heavy atom. The van der Waals surface area contributed by atoms with Crippen LogP contribution in [0.5, 0.6) is 0 Å². The molecule has 1 amide bonds. The SMILES string of the molecule is Cc1c(C)n(C(=O)NC2CCN(Cc3ccccc3)CC2)c2[c]cccc12. The van der Waals surface area contributed by atoms with Gasteiger partial charge in [-0.25, -0.2) is 4.79 Å². The van der Waals surface area contributed by atoms with Gasteiger partial charge < -0.3 is 5.32 Å². The molecule has 1 aliphatic rings. The zero-order valence-electron chi connectivity index (χ0n) is 16.0. The number of aromatic nitrogens is 1. The molecule has 4 nitrogen and oxygen atoms in total. The number of nitrogens with one attached hydrogen (secondary N) is 1. The molecule has 1 radical (unpaired) electrons. The third-order valence-corrected chi connectivity index (χ3v) is 5.71. The van der Waals surface area contributed by atoms with Gasteiger partial charge in [0.1, 0.15) is 0 Å². The number of amides is 1. The molecule has 1 aliphatic heterocycles. The van der Waals surface area contributed by atoms with Gasteiger partial charge in [0.15, 0.2) is 0 Å². The molecule has 139 valence electrons. The van der Waals surface area contributed by atoms with Crippen LogP contribution in [0.4, 0.5) is 4.79 Å². The zero-order chi connectivity index (χ0) is 18.8. The van der Waals surface area contributed by atoms with Crippen LogP contribution in [0, 0.1) is 19.9 Å². The lowest BCUT2D eigenvalue weighted by atomic mass is 10.0. The molecule has 27 heavy (non-hydrogen) atoms. The summed E-state index contributed by atoms with van der Waals surface area (Å²) in [6, 6.07) is 19.9. The highest BCUT2D eigenvalue weighted by Crippen LogP contribution is 2.24. The summed E-state index contributed by atoms with van der Waals surface area (Å²) in [7, 11) is 0. The Kier molecular flexibility index (Phi) is 4.99. The van der Waals surface area contributed by atoms with E-state index in [4.69, 9.17) is 0 Å². The molecule has 0 saturated carbocycles. The Labute approximate surface area is 160 Å². The average molecular weight is 360 g/mol. The van der Waals surface area contributed by atoms with E-state index in [1.165, 1.54) is 5.56 Å². The number of fused-ring (bicyclic) bond motifs is 1. The molecule has 4 rings (SSSR count). The van der Waals surface area contributed by atoms with Crippen LogP contribution in [0.25, 0.3) is 10.9 Å². The predicted octanol–water partition coefficient (Wildman–Crippen LogP) is 4.28. The fraction of sp³-hybridized carbons (Fsp3) is 0.348. The van der Waals surface area contributed by atoms with Crippen LogP contribution < -0.4 is 5.32 Å². The van der Waals surface area contributed by atoms with Gasteiger partial charge in [-0.1, -0.05) is 48.5 Å². The van der Waals surface area contributed by atoms with Gasteiger partial charge >= 0.3 is 6.03 Å². The Bertz CT molecular complexity index is 937. The van der Waals surface area contributed by atoms with Gasteiger partial charge in [-0.3, -0.25) is 9.47 Å². The molecule has 0 aliphatic carbocycles. The molecule has 2 aromatic carbocycles. The third-order valence-electron chi connectivity index (χ3n) is 5.71. The van der Waals surface area contributed by atoms with Crippen LogP contribution in [-0.4, -0.2) is 34.6 Å². The fourth-order valence-corrected chi connectivity index (χ4v) is 4.02. The van der Waals surface area contributed by atoms with Crippen molar-refractivity contribution >= 4 is 16.9 Å². The second-order valence-electron chi connectivity index (χ2n) is 7.46. The summed E-state index contributed by atoms with van der Waals surface area (Å²) in [5.74, 6) is 0. The smallest absolute Gasteiger partial charge is 0.326 e. The monoisotopic (exact) mass is 360 g/mol. The summed E-state index contributed by atoms with van der Waals surface area (Å²) >= 11 is 0. The topological polar surface area (TPSA) is 37.3 Å². The summed E-state index contributed by atoms with van der Waals surface area (Å²) in [6.45, 7) is 7.08. The minimum Gasteiger partial charge on any atom is -0.335 e. The molecule has 0 bridgehead atoms. The summed E-state index contributed by atoms with van der Waals surface area (Å²) in [5, 5.41) is 4.34. The van der Waals surface area contributed by atoms with E-state index in [1.54, 1.807) is 4.57 Å². The van der Waals surface area contributed by atoms with E-state index >= 15 is 0 Å². The first-order valence-electron chi connectivity index (χ1n) is 9.69. The minimum absolute atomic E-state index is 0.0328. The molecule has 1 fully saturated rings. The van der Waals surface area contributed by atoms with Gasteiger partial charge in [-0.15, -0.1) is 0 Å². The molecule has 1 N–H and O–H groups in total. The molecule has 1 saturated heterocycles. The van der Waals surface area contributed by atoms with Crippen LogP contribution >= 0.6 is 0 Å². The molecule has 1 aromatic heterocycles. The maximum absolute atomic E-state index is 13.0. The van der Waals surface area contributed by atoms with E-state index in [0.717, 1.165) is 54.6 Å². The van der Waals surface area contributed by atoms with Gasteiger partial charge in [-0.2, -0.15) is 0 Å². The maximum Gasteiger partial charge on any atom is 0.326 e. The van der Waals surface area contributed by atoms with Crippen molar-refractivity contribution in [2.45, 2.75) is 39.3 Å². The summed E-state index contributed by atoms with van der Waals surface area (Å²) in [6.07, 6.45) is 1.97. The number of likely N-dealkylation sites (tertiary alicyclic amines) is 1. The third kappa shape index (κ3) is 3.62. The van der Waals surface area contributed by atoms with E-state index in [0.29, 0.717) is 0 Å². The highest BCUT2D eigenvalue weighted by Gasteiger charge is 2.23. The van der Waals surface area contributed by atoms with Crippen molar-refractivity contribution in [2.24, 2.45) is 0 Å². The van der Waals surface area contributed by atoms with Crippen LogP contribution in [0.3, 0.4) is 0 Å². The highest BCUT2D eigenvalue weighted by molar-refractivity contribution is 5.94. The first kappa shape index (κ1) is 17.8. The van der Waals surface area contributed by atoms with Crippen molar-refractivity contribution in [3.63, 3.8) is 0 Å². The van der Waals surface area contributed by atoms with E-state index in [-0.39, 0.29) is 12.1 Å². The molecular formula is C23H26N3O. The number of rotatable bonds is 3. The number of nitrogens with zero attached hydrogens (tertiary/aromatic N) is 2. The molecule has 0 unspecified atom stereocenters. The molecule has 4 heteroatoms. The largest absolute Gasteiger partial charge is 0.335 e. The number of benzene rings is 2. The Morgan fingerprint density at radius 1 is 1.11 bits per heavy atom. The van der Waals surface area contributed by atoms with Crippen molar-refractivity contribution in [2.75, 3.05) is 13.1 Å². The lowest BCUT2D eigenvalue weighted by Crippen LogP contribution is -2.45. The minimum atomic E-state index is -0.0328. The van der Waals surface area contributed by atoms with Gasteiger partial charge in [0, 0.05) is 42.8 Å². The van der Waals surface area contributed by atoms with Crippen molar-refractivity contribution in [1.29, 1.82) is 0 Å². The number of piperidine rings is 1. The van der Waals surface area contributed by atoms with Gasteiger partial charge in [0.05, 0.1) is 5.52 Å². The van der Waals surface area contributed by atoms with E-state index in [1.807, 2.05) is 19.1 Å². The van der Waals surface area contributed by atoms with Crippen LogP contribution in [0.1, 0.15) is 29.7 Å². The molecule has 0 atom stereocenters. The molecular weight excluding hydrogens is 334 g/mol. The number of hydrogen-bond donors (Lipinski definition) is 1. The number of carbonyl (C=O) groups excluding carboxylic acids is 1. The Morgan fingerprint density at radius 3 is 2.59 bits per heavy atom. The first-order valence-corrected chi connectivity index (χ1v) is 9.69. The summed E-state index contributed by atoms with van der Waals surface area (Å²) in [5.41, 5.74) is 4.35. The van der Waals surface area contributed by atoms with E-state index in [2.05, 4.69) is 59.6 Å². The summed E-state index contributed by atoms with van der Waals surface area (Å²) in [4.78, 5) is 15.4. The van der Waals surface area contributed by atoms with Crippen LogP contribution in [0.15, 0.2) is 48.5 Å². The van der Waals surface area contributed by atoms with Crippen molar-refractivity contribution in [3.8, 4) is 0 Å². The first-order chi connectivity index (χ1) is 13.1. The Balaban J connectivity index is 1.40. The fourth-order valence-electron chi connectivity index (χ4n) is 4.02. The Hall–Kier alpha value is -2.59. The van der Waals surface area contributed by atoms with Gasteiger partial charge in [0.25, 0.3) is 0 Å². The van der Waals surface area contributed by atoms with Gasteiger partial charge in [-0.05, 0) is 37.8 Å². The average Bonchev–Trinajstić information content (AvgIpc) is 2.95. The quantitative estimate of drug-likeness (QED) is 0.757. The predicted molar refractivity (Wildman–Crippen MR) is 109 cm³/mol. The van der Waals surface area contributed by atoms with Crippen LogP contribution in [-0.2, 0) is 6.54 Å². The zero-order valence-corrected chi connectivity index (χ0v) is 16.0. The lowest BCUT2D eigenvalue weighted by molar-refractivity contribution is 0.187. The second kappa shape index (κ2) is 7.57. The number of carbonyl (C=O) groups is 1. The lowest BCUT2D eigenvalue weighted by Gasteiger charge is -2.32. The summed E-state index contributed by atoms with van der Waals surface area (Å²) < 4.78 is 1.78. The van der Waals surface area contributed by atoms with Crippen molar-refractivity contribution < 1.29 is 4.79 Å². The van der Waals surface area contributed by atoms with Crippen LogP contribution in [0.2, 0.25) is 0 Å². The highest BCUT2D eigenvalue weighted by atomic mass is 16.2. The van der Waals surface area contributed by atoms with E-state index < -0.39 is 0 Å². The number of hydrogen-bond acceptors (Lipinski definition) is 2. The normalized spacial score (nSPS) is 15.9.